The summed E-state index contributed by atoms with van der Waals surface area (Å²) in [6, 6.07) is 0. The van der Waals surface area contributed by atoms with E-state index in [4.69, 9.17) is 9.47 Å². The summed E-state index contributed by atoms with van der Waals surface area (Å²) in [5.74, 6) is 1.39. The Bertz CT molecular complexity index is 383. The lowest BCUT2D eigenvalue weighted by Crippen LogP contribution is -2.40. The smallest absolute Gasteiger partial charge is 0.305 e. The number of methoxy groups -OCH3 is 2. The van der Waals surface area contributed by atoms with E-state index in [1.807, 2.05) is 7.05 Å². The largest absolute Gasteiger partial charge is 0.469 e. The van der Waals surface area contributed by atoms with Crippen LogP contribution in [0.15, 0.2) is 4.99 Å². The van der Waals surface area contributed by atoms with Gasteiger partial charge in [-0.2, -0.15) is 0 Å². The van der Waals surface area contributed by atoms with Gasteiger partial charge < -0.3 is 24.4 Å². The van der Waals surface area contributed by atoms with E-state index in [0.717, 1.165) is 57.9 Å². The summed E-state index contributed by atoms with van der Waals surface area (Å²) in [7, 11) is 4.94. The number of aliphatic imine (C=N–C) groups is 1. The number of carbonyl (C=O) groups excluding carboxylic acids is 1. The van der Waals surface area contributed by atoms with Crippen LogP contribution in [0.2, 0.25) is 0 Å². The number of hydrogen-bond acceptors (Lipinski definition) is 5. The van der Waals surface area contributed by atoms with E-state index in [0.29, 0.717) is 25.6 Å². The van der Waals surface area contributed by atoms with E-state index in [-0.39, 0.29) is 29.9 Å². The van der Waals surface area contributed by atoms with Crippen molar-refractivity contribution < 1.29 is 19.0 Å². The quantitative estimate of drug-likeness (QED) is 0.163. The van der Waals surface area contributed by atoms with Crippen molar-refractivity contribution in [1.29, 1.82) is 0 Å². The maximum Gasteiger partial charge on any atom is 0.305 e. The highest BCUT2D eigenvalue weighted by atomic mass is 127. The molecule has 0 aromatic rings. The number of ether oxygens (including phenoxy) is 3. The van der Waals surface area contributed by atoms with Gasteiger partial charge in [-0.15, -0.1) is 24.0 Å². The van der Waals surface area contributed by atoms with E-state index in [1.165, 1.54) is 7.11 Å². The SMILES string of the molecule is CN=C(NCCCCCC(=O)OC)N1CCC(COCCOC)C1.I. The highest BCUT2D eigenvalue weighted by molar-refractivity contribution is 14.0. The predicted octanol–water partition coefficient (Wildman–Crippen LogP) is 1.90. The molecule has 0 aliphatic carbocycles. The first-order valence-electron chi connectivity index (χ1n) is 8.80. The van der Waals surface area contributed by atoms with Crippen molar-refractivity contribution in [2.24, 2.45) is 10.9 Å². The fourth-order valence-electron chi connectivity index (χ4n) is 2.76. The predicted molar refractivity (Wildman–Crippen MR) is 110 cm³/mol. The summed E-state index contributed by atoms with van der Waals surface area (Å²) >= 11 is 0. The van der Waals surface area contributed by atoms with Gasteiger partial charge >= 0.3 is 5.97 Å². The average molecular weight is 471 g/mol. The lowest BCUT2D eigenvalue weighted by Gasteiger charge is -2.21. The van der Waals surface area contributed by atoms with Gasteiger partial charge in [-0.05, 0) is 19.3 Å². The number of unbranched alkanes of at least 4 members (excludes halogenated alkanes) is 2. The number of hydrogen-bond donors (Lipinski definition) is 1. The van der Waals surface area contributed by atoms with E-state index >= 15 is 0 Å². The monoisotopic (exact) mass is 471 g/mol. The molecule has 1 N–H and O–H groups in total. The maximum absolute atomic E-state index is 11.0. The minimum absolute atomic E-state index is 0. The number of halogens is 1. The van der Waals surface area contributed by atoms with Crippen molar-refractivity contribution in [2.75, 3.05) is 60.7 Å². The van der Waals surface area contributed by atoms with Gasteiger partial charge in [0.05, 0.1) is 26.9 Å². The first-order chi connectivity index (χ1) is 11.7. The van der Waals surface area contributed by atoms with Crippen LogP contribution < -0.4 is 5.32 Å². The summed E-state index contributed by atoms with van der Waals surface area (Å²) in [5.41, 5.74) is 0. The van der Waals surface area contributed by atoms with E-state index in [2.05, 4.69) is 19.9 Å². The molecular weight excluding hydrogens is 437 g/mol. The third-order valence-corrected chi connectivity index (χ3v) is 4.15. The van der Waals surface area contributed by atoms with Crippen LogP contribution in [-0.4, -0.2) is 77.6 Å². The lowest BCUT2D eigenvalue weighted by molar-refractivity contribution is -0.140. The van der Waals surface area contributed by atoms with Crippen LogP contribution in [0.3, 0.4) is 0 Å². The van der Waals surface area contributed by atoms with Gasteiger partial charge in [-0.3, -0.25) is 9.79 Å². The van der Waals surface area contributed by atoms with Crippen molar-refractivity contribution in [2.45, 2.75) is 32.1 Å². The van der Waals surface area contributed by atoms with Crippen molar-refractivity contribution >= 4 is 35.9 Å². The topological polar surface area (TPSA) is 72.4 Å². The molecule has 1 aliphatic heterocycles. The number of guanidine groups is 1. The van der Waals surface area contributed by atoms with Gasteiger partial charge in [0.1, 0.15) is 0 Å². The average Bonchev–Trinajstić information content (AvgIpc) is 3.06. The zero-order valence-corrected chi connectivity index (χ0v) is 18.1. The van der Waals surface area contributed by atoms with Gasteiger partial charge in [-0.1, -0.05) is 6.42 Å². The number of rotatable bonds is 11. The van der Waals surface area contributed by atoms with Crippen LogP contribution in [0.5, 0.6) is 0 Å². The molecule has 148 valence electrons. The first kappa shape index (κ1) is 24.4. The third-order valence-electron chi connectivity index (χ3n) is 4.15. The second-order valence-electron chi connectivity index (χ2n) is 6.03. The lowest BCUT2D eigenvalue weighted by atomic mass is 10.1. The van der Waals surface area contributed by atoms with Crippen LogP contribution in [-0.2, 0) is 19.0 Å². The molecule has 0 bridgehead atoms. The first-order valence-corrected chi connectivity index (χ1v) is 8.80. The van der Waals surface area contributed by atoms with Gasteiger partial charge in [0.2, 0.25) is 0 Å². The molecule has 1 heterocycles. The van der Waals surface area contributed by atoms with Crippen molar-refractivity contribution in [1.82, 2.24) is 10.2 Å². The molecular formula is C17H34IN3O4. The number of nitrogens with zero attached hydrogens (tertiary/aromatic N) is 2. The Kier molecular flexibility index (Phi) is 15.2. The third kappa shape index (κ3) is 10.9. The van der Waals surface area contributed by atoms with E-state index in [1.54, 1.807) is 7.11 Å². The fourth-order valence-corrected chi connectivity index (χ4v) is 2.76. The molecule has 7 nitrogen and oxygen atoms in total. The summed E-state index contributed by atoms with van der Waals surface area (Å²) in [4.78, 5) is 17.7. The zero-order valence-electron chi connectivity index (χ0n) is 15.8. The Balaban J connectivity index is 0.00000576. The van der Waals surface area contributed by atoms with Gasteiger partial charge in [0, 0.05) is 46.1 Å². The normalized spacial score (nSPS) is 17.3. The fraction of sp³-hybridized carbons (Fsp3) is 0.882. The Morgan fingerprint density at radius 1 is 1.24 bits per heavy atom. The van der Waals surface area contributed by atoms with Crippen molar-refractivity contribution in [3.05, 3.63) is 0 Å². The molecule has 1 unspecified atom stereocenters. The number of likely N-dealkylation sites (tertiary alicyclic amines) is 1. The van der Waals surface area contributed by atoms with Crippen LogP contribution in [0.25, 0.3) is 0 Å². The maximum atomic E-state index is 11.0. The summed E-state index contributed by atoms with van der Waals surface area (Å²) in [6.45, 7) is 4.96. The van der Waals surface area contributed by atoms with Crippen molar-refractivity contribution in [3.63, 3.8) is 0 Å². The van der Waals surface area contributed by atoms with Gasteiger partial charge in [0.25, 0.3) is 0 Å². The van der Waals surface area contributed by atoms with Crippen molar-refractivity contribution in [3.8, 4) is 0 Å². The summed E-state index contributed by atoms with van der Waals surface area (Å²) in [5, 5.41) is 3.41. The zero-order chi connectivity index (χ0) is 17.6. The Hall–Kier alpha value is -0.610. The molecule has 25 heavy (non-hydrogen) atoms. The van der Waals surface area contributed by atoms with E-state index < -0.39 is 0 Å². The molecule has 1 rings (SSSR count). The molecule has 1 fully saturated rings. The van der Waals surface area contributed by atoms with E-state index in [9.17, 15) is 4.79 Å². The Morgan fingerprint density at radius 2 is 2.04 bits per heavy atom. The minimum Gasteiger partial charge on any atom is -0.469 e. The molecule has 0 aromatic heterocycles. The second-order valence-corrected chi connectivity index (χ2v) is 6.03. The summed E-state index contributed by atoms with van der Waals surface area (Å²) < 4.78 is 15.2. The van der Waals surface area contributed by atoms with Gasteiger partial charge in [0.15, 0.2) is 5.96 Å². The molecule has 0 saturated carbocycles. The molecule has 8 heteroatoms. The minimum atomic E-state index is -0.130. The summed E-state index contributed by atoms with van der Waals surface area (Å²) in [6.07, 6.45) is 4.54. The van der Waals surface area contributed by atoms with Crippen LogP contribution in [0, 0.1) is 5.92 Å². The number of nitrogens with one attached hydrogen (secondary N) is 1. The Morgan fingerprint density at radius 3 is 2.72 bits per heavy atom. The standard InChI is InChI=1S/C17H33N3O4.HI/c1-18-17(19-9-6-4-5-7-16(21)23-3)20-10-8-15(13-20)14-24-12-11-22-2;/h15H,4-14H2,1-3H3,(H,18,19);1H. The Labute approximate surface area is 168 Å². The number of esters is 1. The second kappa shape index (κ2) is 15.6. The van der Waals surface area contributed by atoms with Gasteiger partial charge in [-0.25, -0.2) is 0 Å². The van der Waals surface area contributed by atoms with Crippen LogP contribution in [0.1, 0.15) is 32.1 Å². The highest BCUT2D eigenvalue weighted by Gasteiger charge is 2.24. The highest BCUT2D eigenvalue weighted by Crippen LogP contribution is 2.16. The molecule has 0 aromatic carbocycles. The molecule has 0 radical (unpaired) electrons. The molecule has 1 aliphatic rings. The van der Waals surface area contributed by atoms with Crippen LogP contribution in [0.4, 0.5) is 0 Å². The molecule has 0 amide bonds. The van der Waals surface area contributed by atoms with Crippen LogP contribution >= 0.6 is 24.0 Å². The number of carbonyl (C=O) groups is 1. The molecule has 1 atom stereocenters. The molecule has 1 saturated heterocycles. The molecule has 0 spiro atoms.